The molecule has 0 saturated carbocycles. The molecule has 0 bridgehead atoms. The van der Waals surface area contributed by atoms with Gasteiger partial charge in [0.1, 0.15) is 6.10 Å². The van der Waals surface area contributed by atoms with Gasteiger partial charge in [0.25, 0.3) is 0 Å². The normalized spacial score (nSPS) is 11.8. The van der Waals surface area contributed by atoms with Gasteiger partial charge in [-0.05, 0) is 30.5 Å². The smallest absolute Gasteiger partial charge is 0.161 e. The largest absolute Gasteiger partial charge is 0.504 e. The molecule has 0 amide bonds. The molecule has 92 valence electrons. The van der Waals surface area contributed by atoms with Crippen LogP contribution in [0.15, 0.2) is 18.2 Å². The van der Waals surface area contributed by atoms with Crippen LogP contribution in [0.3, 0.4) is 0 Å². The lowest BCUT2D eigenvalue weighted by Crippen LogP contribution is -2.06. The van der Waals surface area contributed by atoms with Gasteiger partial charge in [-0.3, -0.25) is 0 Å². The average Bonchev–Trinajstić information content (AvgIpc) is 2.27. The summed E-state index contributed by atoms with van der Waals surface area (Å²) < 4.78 is 4.98. The van der Waals surface area contributed by atoms with Crippen molar-refractivity contribution in [2.75, 3.05) is 7.11 Å². The molecule has 0 fully saturated rings. The van der Waals surface area contributed by atoms with Gasteiger partial charge in [-0.25, -0.2) is 0 Å². The lowest BCUT2D eigenvalue weighted by molar-refractivity contribution is 0.204. The van der Waals surface area contributed by atoms with E-state index in [9.17, 15) is 10.2 Å². The summed E-state index contributed by atoms with van der Waals surface area (Å²) >= 11 is 0. The molecule has 0 radical (unpaired) electrons. The molecule has 17 heavy (non-hydrogen) atoms. The van der Waals surface area contributed by atoms with Crippen LogP contribution in [-0.2, 0) is 0 Å². The molecular formula is C14H18O3. The van der Waals surface area contributed by atoms with E-state index < -0.39 is 6.10 Å². The third kappa shape index (κ3) is 4.38. The lowest BCUT2D eigenvalue weighted by atomic mass is 10.1. The lowest BCUT2D eigenvalue weighted by Gasteiger charge is -2.05. The van der Waals surface area contributed by atoms with Gasteiger partial charge >= 0.3 is 0 Å². The molecule has 1 aromatic carbocycles. The molecule has 3 heteroatoms. The minimum absolute atomic E-state index is 0.0841. The second kappa shape index (κ2) is 6.17. The second-order valence-corrected chi connectivity index (χ2v) is 4.30. The van der Waals surface area contributed by atoms with Gasteiger partial charge in [0.15, 0.2) is 11.5 Å². The zero-order valence-corrected chi connectivity index (χ0v) is 10.4. The van der Waals surface area contributed by atoms with E-state index in [1.807, 2.05) is 13.8 Å². The molecule has 0 heterocycles. The molecule has 1 atom stereocenters. The fraction of sp³-hybridized carbons (Fsp3) is 0.429. The molecular weight excluding hydrogens is 216 g/mol. The van der Waals surface area contributed by atoms with Crippen LogP contribution in [0.1, 0.15) is 25.8 Å². The van der Waals surface area contributed by atoms with E-state index in [4.69, 9.17) is 4.74 Å². The van der Waals surface area contributed by atoms with Gasteiger partial charge in [0.2, 0.25) is 0 Å². The molecule has 0 spiro atoms. The molecule has 0 aromatic heterocycles. The number of hydrogen-bond acceptors (Lipinski definition) is 3. The van der Waals surface area contributed by atoms with Crippen molar-refractivity contribution in [2.24, 2.45) is 5.92 Å². The predicted octanol–water partition coefficient (Wildman–Crippen LogP) is 2.16. The van der Waals surface area contributed by atoms with Crippen LogP contribution in [0.4, 0.5) is 0 Å². The monoisotopic (exact) mass is 234 g/mol. The molecule has 2 N–H and O–H groups in total. The summed E-state index contributed by atoms with van der Waals surface area (Å²) in [5, 5.41) is 19.0. The van der Waals surface area contributed by atoms with Crippen LogP contribution < -0.4 is 4.74 Å². The van der Waals surface area contributed by atoms with Crippen LogP contribution in [0.2, 0.25) is 0 Å². The average molecular weight is 234 g/mol. The number of hydrogen-bond donors (Lipinski definition) is 2. The van der Waals surface area contributed by atoms with Gasteiger partial charge < -0.3 is 14.9 Å². The summed E-state index contributed by atoms with van der Waals surface area (Å²) in [5.74, 6) is 6.51. The number of aliphatic hydroxyl groups is 1. The molecule has 0 saturated heterocycles. The van der Waals surface area contributed by atoms with Crippen molar-refractivity contribution in [1.29, 1.82) is 0 Å². The standard InChI is InChI=1S/C14H18O3/c1-10(2)8-12(15)6-4-11-5-7-13(16)14(9-11)17-3/h5,7,9-10,12,15-16H,8H2,1-3H3. The zero-order chi connectivity index (χ0) is 12.8. The minimum atomic E-state index is -0.616. The van der Waals surface area contributed by atoms with Crippen LogP contribution in [0.5, 0.6) is 11.5 Å². The van der Waals surface area contributed by atoms with Crippen LogP contribution in [0, 0.1) is 17.8 Å². The first kappa shape index (κ1) is 13.4. The van der Waals surface area contributed by atoms with E-state index in [2.05, 4.69) is 11.8 Å². The number of ether oxygens (including phenoxy) is 1. The summed E-state index contributed by atoms with van der Waals surface area (Å²) in [6.07, 6.45) is 0.0391. The Morgan fingerprint density at radius 1 is 1.35 bits per heavy atom. The Kier molecular flexibility index (Phi) is 4.86. The van der Waals surface area contributed by atoms with Crippen LogP contribution >= 0.6 is 0 Å². The number of methoxy groups -OCH3 is 1. The molecule has 3 nitrogen and oxygen atoms in total. The van der Waals surface area contributed by atoms with E-state index in [-0.39, 0.29) is 5.75 Å². The van der Waals surface area contributed by atoms with Crippen LogP contribution in [0.25, 0.3) is 0 Å². The molecule has 1 unspecified atom stereocenters. The highest BCUT2D eigenvalue weighted by atomic mass is 16.5. The Labute approximate surface area is 102 Å². The van der Waals surface area contributed by atoms with Crippen molar-refractivity contribution in [2.45, 2.75) is 26.4 Å². The van der Waals surface area contributed by atoms with Gasteiger partial charge in [-0.1, -0.05) is 25.7 Å². The van der Waals surface area contributed by atoms with Crippen molar-refractivity contribution in [1.82, 2.24) is 0 Å². The first-order valence-electron chi connectivity index (χ1n) is 5.59. The highest BCUT2D eigenvalue weighted by Crippen LogP contribution is 2.25. The van der Waals surface area contributed by atoms with E-state index in [0.717, 1.165) is 0 Å². The summed E-state index contributed by atoms with van der Waals surface area (Å²) in [5.41, 5.74) is 0.711. The quantitative estimate of drug-likeness (QED) is 0.788. The van der Waals surface area contributed by atoms with Crippen molar-refractivity contribution in [3.8, 4) is 23.3 Å². The first-order chi connectivity index (χ1) is 8.02. The van der Waals surface area contributed by atoms with Crippen molar-refractivity contribution < 1.29 is 14.9 Å². The van der Waals surface area contributed by atoms with E-state index >= 15 is 0 Å². The maximum atomic E-state index is 9.61. The summed E-state index contributed by atoms with van der Waals surface area (Å²) in [7, 11) is 1.49. The Bertz CT molecular complexity index is 427. The molecule has 0 aliphatic heterocycles. The Balaban J connectivity index is 2.78. The molecule has 0 aliphatic carbocycles. The van der Waals surface area contributed by atoms with Crippen molar-refractivity contribution in [3.05, 3.63) is 23.8 Å². The Hall–Kier alpha value is -1.66. The van der Waals surface area contributed by atoms with Crippen LogP contribution in [-0.4, -0.2) is 23.4 Å². The van der Waals surface area contributed by atoms with Gasteiger partial charge in [-0.15, -0.1) is 0 Å². The Morgan fingerprint density at radius 2 is 2.06 bits per heavy atom. The molecule has 1 aromatic rings. The highest BCUT2D eigenvalue weighted by Gasteiger charge is 2.03. The number of aliphatic hydroxyl groups excluding tert-OH is 1. The van der Waals surface area contributed by atoms with Gasteiger partial charge in [-0.2, -0.15) is 0 Å². The fourth-order valence-electron chi connectivity index (χ4n) is 1.43. The number of rotatable bonds is 3. The summed E-state index contributed by atoms with van der Waals surface area (Å²) in [4.78, 5) is 0. The second-order valence-electron chi connectivity index (χ2n) is 4.30. The van der Waals surface area contributed by atoms with Crippen molar-refractivity contribution >= 4 is 0 Å². The summed E-state index contributed by atoms with van der Waals surface area (Å²) in [6, 6.07) is 4.86. The van der Waals surface area contributed by atoms with Crippen molar-refractivity contribution in [3.63, 3.8) is 0 Å². The maximum Gasteiger partial charge on any atom is 0.161 e. The SMILES string of the molecule is COc1cc(C#CC(O)CC(C)C)ccc1O. The molecule has 1 rings (SSSR count). The van der Waals surface area contributed by atoms with E-state index in [1.165, 1.54) is 13.2 Å². The number of aromatic hydroxyl groups is 1. The van der Waals surface area contributed by atoms with Gasteiger partial charge in [0.05, 0.1) is 7.11 Å². The maximum absolute atomic E-state index is 9.61. The summed E-state index contributed by atoms with van der Waals surface area (Å²) in [6.45, 7) is 4.07. The third-order valence-electron chi connectivity index (χ3n) is 2.26. The Morgan fingerprint density at radius 3 is 2.65 bits per heavy atom. The topological polar surface area (TPSA) is 49.7 Å². The zero-order valence-electron chi connectivity index (χ0n) is 10.4. The highest BCUT2D eigenvalue weighted by molar-refractivity contribution is 5.47. The third-order valence-corrected chi connectivity index (χ3v) is 2.26. The predicted molar refractivity (Wildman–Crippen MR) is 67.0 cm³/mol. The molecule has 0 aliphatic rings. The minimum Gasteiger partial charge on any atom is -0.504 e. The number of phenols is 1. The van der Waals surface area contributed by atoms with Gasteiger partial charge in [0, 0.05) is 5.56 Å². The first-order valence-corrected chi connectivity index (χ1v) is 5.59. The number of phenolic OH excluding ortho intramolecular Hbond substituents is 1. The fourth-order valence-corrected chi connectivity index (χ4v) is 1.43. The van der Waals surface area contributed by atoms with E-state index in [1.54, 1.807) is 12.1 Å². The number of benzene rings is 1. The van der Waals surface area contributed by atoms with E-state index in [0.29, 0.717) is 23.7 Å².